The number of carbonyl (C=O) groups excluding carboxylic acids is 1. The molecule has 6 heteroatoms. The average molecular weight is 394 g/mol. The Kier molecular flexibility index (Phi) is 5.33. The summed E-state index contributed by atoms with van der Waals surface area (Å²) < 4.78 is 6.23. The second-order valence-corrected chi connectivity index (χ2v) is 6.05. The molecule has 0 saturated heterocycles. The first-order chi connectivity index (χ1) is 9.47. The highest BCUT2D eigenvalue weighted by Gasteiger charge is 2.10. The van der Waals surface area contributed by atoms with Crippen LogP contribution in [0, 0.1) is 0 Å². The number of Topliss-reactive ketones (excluding diaryl/α,β-unsaturated/α-hetero) is 1. The maximum atomic E-state index is 12.0. The summed E-state index contributed by atoms with van der Waals surface area (Å²) >= 11 is 21.0. The lowest BCUT2D eigenvalue weighted by atomic mass is 10.1. The Morgan fingerprint density at radius 3 is 2.40 bits per heavy atom. The lowest BCUT2D eigenvalue weighted by molar-refractivity contribution is 0.0921. The predicted molar refractivity (Wildman–Crippen MR) is 85.4 cm³/mol. The van der Waals surface area contributed by atoms with Crippen LogP contribution in [-0.4, -0.2) is 12.4 Å². The van der Waals surface area contributed by atoms with E-state index in [2.05, 4.69) is 15.9 Å². The molecule has 0 saturated carbocycles. The third-order valence-corrected chi connectivity index (χ3v) is 4.04. The minimum Gasteiger partial charge on any atom is -0.484 e. The van der Waals surface area contributed by atoms with E-state index in [1.165, 1.54) is 6.07 Å². The van der Waals surface area contributed by atoms with Crippen LogP contribution < -0.4 is 4.74 Å². The van der Waals surface area contributed by atoms with Crippen LogP contribution in [0.2, 0.25) is 15.1 Å². The smallest absolute Gasteiger partial charge is 0.200 e. The monoisotopic (exact) mass is 392 g/mol. The van der Waals surface area contributed by atoms with Gasteiger partial charge in [-0.05, 0) is 36.4 Å². The second-order valence-electron chi connectivity index (χ2n) is 3.92. The SMILES string of the molecule is O=C(COc1cc(Br)ccc1Cl)c1ccc(Cl)c(Cl)c1. The number of carbonyl (C=O) groups is 1. The highest BCUT2D eigenvalue weighted by molar-refractivity contribution is 9.10. The van der Waals surface area contributed by atoms with Gasteiger partial charge in [0.1, 0.15) is 5.75 Å². The van der Waals surface area contributed by atoms with Gasteiger partial charge in [0.2, 0.25) is 0 Å². The summed E-state index contributed by atoms with van der Waals surface area (Å²) in [5.74, 6) is 0.231. The summed E-state index contributed by atoms with van der Waals surface area (Å²) in [4.78, 5) is 12.0. The number of halogens is 4. The van der Waals surface area contributed by atoms with Gasteiger partial charge in [-0.25, -0.2) is 0 Å². The molecule has 0 aliphatic rings. The first-order valence-electron chi connectivity index (χ1n) is 5.53. The summed E-state index contributed by atoms with van der Waals surface area (Å²) in [6.07, 6.45) is 0. The molecule has 0 heterocycles. The van der Waals surface area contributed by atoms with Gasteiger partial charge in [-0.3, -0.25) is 4.79 Å². The molecule has 0 amide bonds. The van der Waals surface area contributed by atoms with Gasteiger partial charge in [0, 0.05) is 10.0 Å². The van der Waals surface area contributed by atoms with E-state index >= 15 is 0 Å². The van der Waals surface area contributed by atoms with Gasteiger partial charge in [-0.1, -0.05) is 50.7 Å². The van der Waals surface area contributed by atoms with Crippen molar-refractivity contribution in [3.05, 3.63) is 61.5 Å². The van der Waals surface area contributed by atoms with Crippen LogP contribution in [0.5, 0.6) is 5.75 Å². The number of ether oxygens (including phenoxy) is 1. The zero-order valence-corrected chi connectivity index (χ0v) is 13.9. The van der Waals surface area contributed by atoms with Crippen molar-refractivity contribution in [1.82, 2.24) is 0 Å². The molecule has 2 rings (SSSR count). The van der Waals surface area contributed by atoms with Crippen molar-refractivity contribution in [2.24, 2.45) is 0 Å². The summed E-state index contributed by atoms with van der Waals surface area (Å²) in [6.45, 7) is -0.131. The van der Waals surface area contributed by atoms with Gasteiger partial charge in [0.15, 0.2) is 12.4 Å². The Morgan fingerprint density at radius 2 is 1.70 bits per heavy atom. The van der Waals surface area contributed by atoms with Crippen LogP contribution in [0.4, 0.5) is 0 Å². The van der Waals surface area contributed by atoms with Crippen LogP contribution in [0.15, 0.2) is 40.9 Å². The molecule has 2 aromatic carbocycles. The highest BCUT2D eigenvalue weighted by Crippen LogP contribution is 2.28. The zero-order valence-electron chi connectivity index (χ0n) is 10.00. The zero-order chi connectivity index (χ0) is 14.7. The molecule has 2 nitrogen and oxygen atoms in total. The third-order valence-electron chi connectivity index (χ3n) is 2.49. The van der Waals surface area contributed by atoms with Crippen LogP contribution in [0.25, 0.3) is 0 Å². The number of hydrogen-bond acceptors (Lipinski definition) is 2. The first kappa shape index (κ1) is 15.6. The Labute approximate surface area is 139 Å². The highest BCUT2D eigenvalue weighted by atomic mass is 79.9. The van der Waals surface area contributed by atoms with Gasteiger partial charge < -0.3 is 4.74 Å². The maximum absolute atomic E-state index is 12.0. The Morgan fingerprint density at radius 1 is 1.00 bits per heavy atom. The normalized spacial score (nSPS) is 10.4. The van der Waals surface area contributed by atoms with E-state index in [-0.39, 0.29) is 12.4 Å². The molecule has 0 N–H and O–H groups in total. The summed E-state index contributed by atoms with van der Waals surface area (Å²) in [6, 6.07) is 9.86. The largest absolute Gasteiger partial charge is 0.484 e. The molecule has 20 heavy (non-hydrogen) atoms. The van der Waals surface area contributed by atoms with Gasteiger partial charge in [-0.15, -0.1) is 0 Å². The van der Waals surface area contributed by atoms with E-state index in [0.29, 0.717) is 26.4 Å². The summed E-state index contributed by atoms with van der Waals surface area (Å²) in [7, 11) is 0. The first-order valence-corrected chi connectivity index (χ1v) is 7.46. The summed E-state index contributed by atoms with van der Waals surface area (Å²) in [5.41, 5.74) is 0.436. The fourth-order valence-electron chi connectivity index (χ4n) is 1.48. The van der Waals surface area contributed by atoms with Crippen molar-refractivity contribution in [2.45, 2.75) is 0 Å². The van der Waals surface area contributed by atoms with Gasteiger partial charge in [0.05, 0.1) is 15.1 Å². The fraction of sp³-hybridized carbons (Fsp3) is 0.0714. The van der Waals surface area contributed by atoms with Crippen molar-refractivity contribution >= 4 is 56.5 Å². The molecular weight excluding hydrogens is 386 g/mol. The second kappa shape index (κ2) is 6.81. The van der Waals surface area contributed by atoms with E-state index in [9.17, 15) is 4.79 Å². The number of hydrogen-bond donors (Lipinski definition) is 0. The molecular formula is C14H8BrCl3O2. The minimum absolute atomic E-state index is 0.131. The molecule has 0 bridgehead atoms. The van der Waals surface area contributed by atoms with Crippen LogP contribution >= 0.6 is 50.7 Å². The van der Waals surface area contributed by atoms with Crippen molar-refractivity contribution < 1.29 is 9.53 Å². The molecule has 2 aromatic rings. The van der Waals surface area contributed by atoms with E-state index in [1.807, 2.05) is 0 Å². The number of ketones is 1. The van der Waals surface area contributed by atoms with Crippen LogP contribution in [0.3, 0.4) is 0 Å². The van der Waals surface area contributed by atoms with Crippen molar-refractivity contribution in [2.75, 3.05) is 6.61 Å². The molecule has 0 unspecified atom stereocenters. The van der Waals surface area contributed by atoms with Gasteiger partial charge in [0.25, 0.3) is 0 Å². The quantitative estimate of drug-likeness (QED) is 0.625. The van der Waals surface area contributed by atoms with E-state index in [4.69, 9.17) is 39.5 Å². The van der Waals surface area contributed by atoms with Crippen LogP contribution in [0.1, 0.15) is 10.4 Å². The molecule has 0 radical (unpaired) electrons. The molecule has 0 aliphatic heterocycles. The topological polar surface area (TPSA) is 26.3 Å². The fourth-order valence-corrected chi connectivity index (χ4v) is 2.29. The Hall–Kier alpha value is -0.740. The standard InChI is InChI=1S/C14H8BrCl3O2/c15-9-2-4-11(17)14(6-9)20-7-13(19)8-1-3-10(16)12(18)5-8/h1-6H,7H2. The molecule has 0 spiro atoms. The summed E-state index contributed by atoms with van der Waals surface area (Å²) in [5, 5.41) is 1.17. The van der Waals surface area contributed by atoms with Gasteiger partial charge in [-0.2, -0.15) is 0 Å². The van der Waals surface area contributed by atoms with E-state index < -0.39 is 0 Å². The van der Waals surface area contributed by atoms with E-state index in [1.54, 1.807) is 30.3 Å². The third kappa shape index (κ3) is 3.89. The predicted octanol–water partition coefficient (Wildman–Crippen LogP) is 5.67. The Balaban J connectivity index is 2.08. The van der Waals surface area contributed by atoms with Crippen LogP contribution in [-0.2, 0) is 0 Å². The molecule has 0 atom stereocenters. The number of benzene rings is 2. The minimum atomic E-state index is -0.209. The molecule has 0 aromatic heterocycles. The average Bonchev–Trinajstić information content (AvgIpc) is 2.42. The van der Waals surface area contributed by atoms with Crippen molar-refractivity contribution in [3.8, 4) is 5.75 Å². The van der Waals surface area contributed by atoms with Crippen molar-refractivity contribution in [1.29, 1.82) is 0 Å². The number of rotatable bonds is 4. The Bertz CT molecular complexity index is 659. The maximum Gasteiger partial charge on any atom is 0.200 e. The lowest BCUT2D eigenvalue weighted by Gasteiger charge is -2.08. The van der Waals surface area contributed by atoms with Gasteiger partial charge >= 0.3 is 0 Å². The van der Waals surface area contributed by atoms with Crippen molar-refractivity contribution in [3.63, 3.8) is 0 Å². The lowest BCUT2D eigenvalue weighted by Crippen LogP contribution is -2.11. The van der Waals surface area contributed by atoms with E-state index in [0.717, 1.165) is 4.47 Å². The molecule has 0 aliphatic carbocycles. The molecule has 0 fully saturated rings. The molecule has 104 valence electrons.